The molecule has 3 rings (SSSR count). The lowest BCUT2D eigenvalue weighted by molar-refractivity contribution is -0.161. The smallest absolute Gasteiger partial charge is 0.410 e. The number of nitrogens with zero attached hydrogens (tertiary/aromatic N) is 3. The van der Waals surface area contributed by atoms with Crippen molar-refractivity contribution in [3.8, 4) is 0 Å². The predicted molar refractivity (Wildman–Crippen MR) is 105 cm³/mol. The fourth-order valence-corrected chi connectivity index (χ4v) is 4.56. The summed E-state index contributed by atoms with van der Waals surface area (Å²) in [6.45, 7) is 6.93. The van der Waals surface area contributed by atoms with Gasteiger partial charge >= 0.3 is 6.09 Å². The van der Waals surface area contributed by atoms with Crippen molar-refractivity contribution in [3.63, 3.8) is 0 Å². The van der Waals surface area contributed by atoms with Crippen molar-refractivity contribution in [1.29, 1.82) is 0 Å². The molecule has 9 nitrogen and oxygen atoms in total. The van der Waals surface area contributed by atoms with E-state index in [0.29, 0.717) is 45.3 Å². The second-order valence-corrected chi connectivity index (χ2v) is 9.72. The number of likely N-dealkylation sites (N-methyl/N-ethyl adjacent to an activating group) is 1. The first-order valence-electron chi connectivity index (χ1n) is 10.5. The van der Waals surface area contributed by atoms with Crippen LogP contribution in [0.3, 0.4) is 0 Å². The third kappa shape index (κ3) is 5.01. The van der Waals surface area contributed by atoms with E-state index in [4.69, 9.17) is 4.74 Å². The first kappa shape index (κ1) is 21.8. The Kier molecular flexibility index (Phi) is 6.10. The lowest BCUT2D eigenvalue weighted by atomic mass is 9.83. The van der Waals surface area contributed by atoms with Gasteiger partial charge in [0.05, 0.1) is 6.04 Å². The zero-order valence-corrected chi connectivity index (χ0v) is 17.9. The quantitative estimate of drug-likeness (QED) is 0.533. The summed E-state index contributed by atoms with van der Waals surface area (Å²) < 4.78 is 5.41. The van der Waals surface area contributed by atoms with Crippen molar-refractivity contribution in [1.82, 2.24) is 20.2 Å². The third-order valence-electron chi connectivity index (χ3n) is 6.37. The van der Waals surface area contributed by atoms with Crippen LogP contribution in [0.15, 0.2) is 0 Å². The van der Waals surface area contributed by atoms with Crippen molar-refractivity contribution < 1.29 is 24.3 Å². The van der Waals surface area contributed by atoms with Crippen molar-refractivity contribution in [2.45, 2.75) is 76.6 Å². The molecule has 3 fully saturated rings. The maximum atomic E-state index is 12.9. The number of hydrogen-bond donors (Lipinski definition) is 2. The molecule has 2 saturated heterocycles. The molecular formula is C20H34N4O5. The molecule has 164 valence electrons. The highest BCUT2D eigenvalue weighted by atomic mass is 16.6. The van der Waals surface area contributed by atoms with E-state index < -0.39 is 11.6 Å². The second-order valence-electron chi connectivity index (χ2n) is 9.72. The molecule has 3 amide bonds. The molecule has 0 bridgehead atoms. The third-order valence-corrected chi connectivity index (χ3v) is 6.37. The lowest BCUT2D eigenvalue weighted by Crippen LogP contribution is -2.60. The Balaban J connectivity index is 1.53. The molecule has 2 atom stereocenters. The Morgan fingerprint density at radius 2 is 1.86 bits per heavy atom. The first-order chi connectivity index (χ1) is 13.5. The van der Waals surface area contributed by atoms with Gasteiger partial charge in [0.2, 0.25) is 12.3 Å². The molecule has 0 unspecified atom stereocenters. The summed E-state index contributed by atoms with van der Waals surface area (Å²) in [5, 5.41) is 14.2. The summed E-state index contributed by atoms with van der Waals surface area (Å²) >= 11 is 0. The molecule has 0 aromatic heterocycles. The highest BCUT2D eigenvalue weighted by molar-refractivity contribution is 5.84. The number of amides is 3. The van der Waals surface area contributed by atoms with Gasteiger partial charge in [-0.3, -0.25) is 9.59 Å². The van der Waals surface area contributed by atoms with E-state index in [1.54, 1.807) is 11.9 Å². The molecule has 3 aliphatic rings. The highest BCUT2D eigenvalue weighted by Gasteiger charge is 2.57. The van der Waals surface area contributed by atoms with E-state index in [1.165, 1.54) is 9.96 Å². The summed E-state index contributed by atoms with van der Waals surface area (Å²) in [5.41, 5.74) is -0.605. The molecule has 2 heterocycles. The van der Waals surface area contributed by atoms with E-state index in [2.05, 4.69) is 5.32 Å². The Labute approximate surface area is 172 Å². The zero-order valence-electron chi connectivity index (χ0n) is 17.9. The number of nitrogens with one attached hydrogen (secondary N) is 1. The summed E-state index contributed by atoms with van der Waals surface area (Å²) in [5.74, 6) is -0.141. The predicted octanol–water partition coefficient (Wildman–Crippen LogP) is 1.20. The number of carbonyl (C=O) groups is 3. The second kappa shape index (κ2) is 8.10. The van der Waals surface area contributed by atoms with E-state index in [-0.39, 0.29) is 29.5 Å². The van der Waals surface area contributed by atoms with Gasteiger partial charge in [-0.15, -0.1) is 0 Å². The SMILES string of the molecule is CN(O)[C@H]1CN(C=O)[C@H](C(=O)NC2CCN(C(=O)OC(C)(C)C)CC2)CC12CC2. The molecule has 1 spiro atoms. The summed E-state index contributed by atoms with van der Waals surface area (Å²) in [6, 6.07) is -0.660. The number of rotatable bonds is 4. The normalized spacial score (nSPS) is 27.1. The summed E-state index contributed by atoms with van der Waals surface area (Å²) in [4.78, 5) is 39.9. The van der Waals surface area contributed by atoms with Gasteiger partial charge in [-0.05, 0) is 58.3 Å². The van der Waals surface area contributed by atoms with Crippen LogP contribution in [0, 0.1) is 5.41 Å². The molecular weight excluding hydrogens is 376 g/mol. The van der Waals surface area contributed by atoms with Gasteiger partial charge in [-0.2, -0.15) is 5.06 Å². The molecule has 1 aliphatic carbocycles. The monoisotopic (exact) mass is 410 g/mol. The number of piperidine rings is 2. The van der Waals surface area contributed by atoms with E-state index in [1.807, 2.05) is 20.8 Å². The van der Waals surface area contributed by atoms with Crippen molar-refractivity contribution >= 4 is 18.4 Å². The van der Waals surface area contributed by atoms with Crippen LogP contribution in [0.5, 0.6) is 0 Å². The first-order valence-corrected chi connectivity index (χ1v) is 10.5. The number of carbonyl (C=O) groups excluding carboxylic acids is 3. The maximum Gasteiger partial charge on any atom is 0.410 e. The summed E-state index contributed by atoms with van der Waals surface area (Å²) in [7, 11) is 1.60. The Hall–Kier alpha value is -1.87. The fourth-order valence-electron chi connectivity index (χ4n) is 4.56. The molecule has 0 radical (unpaired) electrons. The highest BCUT2D eigenvalue weighted by Crippen LogP contribution is 2.56. The van der Waals surface area contributed by atoms with Gasteiger partial charge in [-0.25, -0.2) is 4.79 Å². The van der Waals surface area contributed by atoms with Crippen LogP contribution in [0.4, 0.5) is 4.79 Å². The van der Waals surface area contributed by atoms with Crippen LogP contribution in [-0.4, -0.2) is 88.9 Å². The van der Waals surface area contributed by atoms with Gasteiger partial charge < -0.3 is 25.1 Å². The van der Waals surface area contributed by atoms with Gasteiger partial charge in [0.25, 0.3) is 0 Å². The van der Waals surface area contributed by atoms with Gasteiger partial charge in [0, 0.05) is 32.7 Å². The average Bonchev–Trinajstić information content (AvgIpc) is 3.40. The molecule has 2 N–H and O–H groups in total. The minimum atomic E-state index is -0.527. The van der Waals surface area contributed by atoms with Gasteiger partial charge in [0.1, 0.15) is 11.6 Å². The number of ether oxygens (including phenoxy) is 1. The number of hydroxylamine groups is 2. The van der Waals surface area contributed by atoms with E-state index in [9.17, 15) is 19.6 Å². The van der Waals surface area contributed by atoms with Crippen molar-refractivity contribution in [2.75, 3.05) is 26.7 Å². The van der Waals surface area contributed by atoms with Gasteiger partial charge in [-0.1, -0.05) is 0 Å². The van der Waals surface area contributed by atoms with Crippen molar-refractivity contribution in [3.05, 3.63) is 0 Å². The van der Waals surface area contributed by atoms with Crippen LogP contribution >= 0.6 is 0 Å². The largest absolute Gasteiger partial charge is 0.444 e. The standard InChI is InChI=1S/C20H34N4O5/c1-19(2,3)29-18(27)23-9-5-14(6-10-23)21-17(26)15-11-20(7-8-20)16(22(4)28)12-24(15)13-25/h13-16,28H,5-12H2,1-4H3,(H,21,26)/t15-,16-/m0/s1. The summed E-state index contributed by atoms with van der Waals surface area (Å²) in [6.07, 6.45) is 4.21. The van der Waals surface area contributed by atoms with Gasteiger partial charge in [0.15, 0.2) is 0 Å². The van der Waals surface area contributed by atoms with Crippen LogP contribution in [0.2, 0.25) is 0 Å². The van der Waals surface area contributed by atoms with Crippen LogP contribution < -0.4 is 5.32 Å². The number of hydrogen-bond acceptors (Lipinski definition) is 6. The van der Waals surface area contributed by atoms with Crippen LogP contribution in [-0.2, 0) is 14.3 Å². The number of likely N-dealkylation sites (tertiary alicyclic amines) is 2. The maximum absolute atomic E-state index is 12.9. The van der Waals surface area contributed by atoms with Crippen LogP contribution in [0.25, 0.3) is 0 Å². The molecule has 0 aromatic carbocycles. The Bertz CT molecular complexity index is 635. The fraction of sp³-hybridized carbons (Fsp3) is 0.850. The molecule has 0 aromatic rings. The average molecular weight is 411 g/mol. The van der Waals surface area contributed by atoms with E-state index >= 15 is 0 Å². The molecule has 2 aliphatic heterocycles. The molecule has 29 heavy (non-hydrogen) atoms. The lowest BCUT2D eigenvalue weighted by Gasteiger charge is -2.44. The minimum absolute atomic E-state index is 0.0249. The van der Waals surface area contributed by atoms with Crippen LogP contribution in [0.1, 0.15) is 52.9 Å². The van der Waals surface area contributed by atoms with Crippen molar-refractivity contribution in [2.24, 2.45) is 5.41 Å². The molecule has 1 saturated carbocycles. The van der Waals surface area contributed by atoms with E-state index in [0.717, 1.165) is 12.8 Å². The minimum Gasteiger partial charge on any atom is -0.444 e. The topological polar surface area (TPSA) is 102 Å². The Morgan fingerprint density at radius 1 is 1.24 bits per heavy atom. The molecule has 9 heteroatoms. The zero-order chi connectivity index (χ0) is 21.4. The Morgan fingerprint density at radius 3 is 2.34 bits per heavy atom.